The molecule has 0 saturated carbocycles. The van der Waals surface area contributed by atoms with E-state index in [1.54, 1.807) is 14.2 Å². The van der Waals surface area contributed by atoms with E-state index in [1.807, 2.05) is 13.0 Å². The van der Waals surface area contributed by atoms with E-state index < -0.39 is 0 Å². The third kappa shape index (κ3) is 7.62. The van der Waals surface area contributed by atoms with Gasteiger partial charge in [0.2, 0.25) is 0 Å². The molecule has 2 rings (SSSR count). The van der Waals surface area contributed by atoms with Gasteiger partial charge < -0.3 is 19.5 Å². The number of methoxy groups -OCH3 is 2. The minimum Gasteiger partial charge on any atom is -0.497 e. The van der Waals surface area contributed by atoms with Crippen LogP contribution in [0.3, 0.4) is 0 Å². The Kier molecular flexibility index (Phi) is 9.85. The van der Waals surface area contributed by atoms with Crippen LogP contribution in [0.4, 0.5) is 0 Å². The minimum absolute atomic E-state index is 0.592. The maximum atomic E-state index is 5.61. The summed E-state index contributed by atoms with van der Waals surface area (Å²) in [6, 6.07) is 14.8. The van der Waals surface area contributed by atoms with E-state index in [2.05, 4.69) is 55.6 Å². The lowest BCUT2D eigenvalue weighted by molar-refractivity contribution is -0.671. The third-order valence-corrected chi connectivity index (χ3v) is 5.31. The largest absolute Gasteiger partial charge is 0.497 e. The van der Waals surface area contributed by atoms with Crippen LogP contribution in [-0.4, -0.2) is 27.4 Å². The summed E-state index contributed by atoms with van der Waals surface area (Å²) in [4.78, 5) is 0. The third-order valence-electron chi connectivity index (χ3n) is 5.31. The second-order valence-corrected chi connectivity index (χ2v) is 7.93. The van der Waals surface area contributed by atoms with Crippen LogP contribution in [0, 0.1) is 5.92 Å². The molecule has 2 aromatic carbocycles. The molecule has 0 aromatic heterocycles. The SMILES string of the molecule is CCOc1ccc(C[NH2+]CC[C@H](CCC(C)C)c2ccc(OC)cc2)cc1OC. The van der Waals surface area contributed by atoms with Crippen LogP contribution in [0.15, 0.2) is 42.5 Å². The Morgan fingerprint density at radius 3 is 2.24 bits per heavy atom. The number of benzene rings is 2. The highest BCUT2D eigenvalue weighted by Gasteiger charge is 2.14. The van der Waals surface area contributed by atoms with Crippen LogP contribution < -0.4 is 19.5 Å². The first-order valence-electron chi connectivity index (χ1n) is 10.8. The molecule has 1 atom stereocenters. The molecule has 4 heteroatoms. The van der Waals surface area contributed by atoms with Crippen molar-refractivity contribution in [3.63, 3.8) is 0 Å². The van der Waals surface area contributed by atoms with Gasteiger partial charge in [-0.15, -0.1) is 0 Å². The first kappa shape index (κ1) is 23.1. The van der Waals surface area contributed by atoms with Gasteiger partial charge in [0.15, 0.2) is 11.5 Å². The fraction of sp³-hybridized carbons (Fsp3) is 0.520. The van der Waals surface area contributed by atoms with Crippen molar-refractivity contribution in [2.45, 2.75) is 52.5 Å². The van der Waals surface area contributed by atoms with Crippen LogP contribution >= 0.6 is 0 Å². The Hall–Kier alpha value is -2.20. The van der Waals surface area contributed by atoms with Gasteiger partial charge in [0.1, 0.15) is 12.3 Å². The number of hydrogen-bond acceptors (Lipinski definition) is 3. The van der Waals surface area contributed by atoms with Gasteiger partial charge in [-0.25, -0.2) is 0 Å². The fourth-order valence-electron chi connectivity index (χ4n) is 3.59. The van der Waals surface area contributed by atoms with Crippen LogP contribution in [-0.2, 0) is 6.54 Å². The summed E-state index contributed by atoms with van der Waals surface area (Å²) in [7, 11) is 3.41. The first-order chi connectivity index (χ1) is 14.1. The van der Waals surface area contributed by atoms with E-state index >= 15 is 0 Å². The van der Waals surface area contributed by atoms with Gasteiger partial charge >= 0.3 is 0 Å². The van der Waals surface area contributed by atoms with Crippen LogP contribution in [0.5, 0.6) is 17.2 Å². The Labute approximate surface area is 176 Å². The van der Waals surface area contributed by atoms with Gasteiger partial charge in [0, 0.05) is 12.0 Å². The van der Waals surface area contributed by atoms with Crippen molar-refractivity contribution in [3.8, 4) is 17.2 Å². The van der Waals surface area contributed by atoms with Crippen molar-refractivity contribution in [1.29, 1.82) is 0 Å². The molecule has 0 fully saturated rings. The van der Waals surface area contributed by atoms with Crippen LogP contribution in [0.2, 0.25) is 0 Å². The molecule has 0 aliphatic carbocycles. The van der Waals surface area contributed by atoms with E-state index in [0.717, 1.165) is 36.3 Å². The Morgan fingerprint density at radius 2 is 1.62 bits per heavy atom. The van der Waals surface area contributed by atoms with Gasteiger partial charge in [-0.2, -0.15) is 0 Å². The predicted octanol–water partition coefficient (Wildman–Crippen LogP) is 4.78. The normalized spacial score (nSPS) is 12.1. The summed E-state index contributed by atoms with van der Waals surface area (Å²) in [5, 5.41) is 2.39. The summed E-state index contributed by atoms with van der Waals surface area (Å²) in [5.74, 6) is 3.87. The average Bonchev–Trinajstić information content (AvgIpc) is 2.74. The van der Waals surface area contributed by atoms with Crippen molar-refractivity contribution >= 4 is 0 Å². The van der Waals surface area contributed by atoms with Gasteiger partial charge in [0.05, 0.1) is 27.4 Å². The highest BCUT2D eigenvalue weighted by Crippen LogP contribution is 2.29. The summed E-state index contributed by atoms with van der Waals surface area (Å²) in [5.41, 5.74) is 2.68. The molecule has 0 unspecified atom stereocenters. The van der Waals surface area contributed by atoms with E-state index in [4.69, 9.17) is 14.2 Å². The topological polar surface area (TPSA) is 44.3 Å². The summed E-state index contributed by atoms with van der Waals surface area (Å²) >= 11 is 0. The maximum absolute atomic E-state index is 5.61. The highest BCUT2D eigenvalue weighted by atomic mass is 16.5. The lowest BCUT2D eigenvalue weighted by atomic mass is 9.88. The lowest BCUT2D eigenvalue weighted by Crippen LogP contribution is -2.82. The number of hydrogen-bond donors (Lipinski definition) is 1. The summed E-state index contributed by atoms with van der Waals surface area (Å²) < 4.78 is 16.4. The van der Waals surface area contributed by atoms with Crippen molar-refractivity contribution in [2.75, 3.05) is 27.4 Å². The van der Waals surface area contributed by atoms with E-state index in [-0.39, 0.29) is 0 Å². The molecule has 0 saturated heterocycles. The second-order valence-electron chi connectivity index (χ2n) is 7.93. The van der Waals surface area contributed by atoms with Gasteiger partial charge in [-0.05, 0) is 61.1 Å². The van der Waals surface area contributed by atoms with Crippen LogP contribution in [0.25, 0.3) is 0 Å². The van der Waals surface area contributed by atoms with E-state index in [0.29, 0.717) is 12.5 Å². The molecule has 0 aliphatic heterocycles. The molecule has 0 spiro atoms. The van der Waals surface area contributed by atoms with Crippen molar-refractivity contribution in [2.24, 2.45) is 5.92 Å². The standard InChI is InChI=1S/C25H37NO3/c1-6-29-24-14-8-20(17-25(24)28-5)18-26-16-15-22(9-7-19(2)3)21-10-12-23(27-4)13-11-21/h8,10-14,17,19,22,26H,6-7,9,15-16,18H2,1-5H3/p+1/t22-/m0/s1. The van der Waals surface area contributed by atoms with Crippen molar-refractivity contribution in [3.05, 3.63) is 53.6 Å². The Bertz CT molecular complexity index is 713. The monoisotopic (exact) mass is 400 g/mol. The smallest absolute Gasteiger partial charge is 0.161 e. The summed E-state index contributed by atoms with van der Waals surface area (Å²) in [6.07, 6.45) is 3.66. The van der Waals surface area contributed by atoms with Crippen molar-refractivity contribution in [1.82, 2.24) is 0 Å². The van der Waals surface area contributed by atoms with Crippen LogP contribution in [0.1, 0.15) is 57.1 Å². The second kappa shape index (κ2) is 12.4. The predicted molar refractivity (Wildman–Crippen MR) is 119 cm³/mol. The molecule has 4 nitrogen and oxygen atoms in total. The molecule has 160 valence electrons. The zero-order chi connectivity index (χ0) is 21.1. The Balaban J connectivity index is 1.91. The minimum atomic E-state index is 0.592. The molecule has 0 radical (unpaired) electrons. The quantitative estimate of drug-likeness (QED) is 0.492. The van der Waals surface area contributed by atoms with Gasteiger partial charge in [-0.3, -0.25) is 0 Å². The fourth-order valence-corrected chi connectivity index (χ4v) is 3.59. The number of ether oxygens (including phenoxy) is 3. The highest BCUT2D eigenvalue weighted by molar-refractivity contribution is 5.42. The molecular weight excluding hydrogens is 362 g/mol. The summed E-state index contributed by atoms with van der Waals surface area (Å²) in [6.45, 7) is 9.28. The molecule has 0 aliphatic rings. The molecule has 29 heavy (non-hydrogen) atoms. The molecule has 0 heterocycles. The van der Waals surface area contributed by atoms with Gasteiger partial charge in [-0.1, -0.05) is 32.4 Å². The maximum Gasteiger partial charge on any atom is 0.161 e. The first-order valence-corrected chi connectivity index (χ1v) is 10.8. The van der Waals surface area contributed by atoms with Gasteiger partial charge in [0.25, 0.3) is 0 Å². The molecule has 2 N–H and O–H groups in total. The molecule has 2 aromatic rings. The lowest BCUT2D eigenvalue weighted by Gasteiger charge is -2.18. The molecular formula is C25H38NO3+. The zero-order valence-corrected chi connectivity index (χ0v) is 18.7. The Morgan fingerprint density at radius 1 is 0.862 bits per heavy atom. The molecule has 0 bridgehead atoms. The molecule has 0 amide bonds. The number of nitrogens with two attached hydrogens (primary N) is 1. The van der Waals surface area contributed by atoms with Crippen molar-refractivity contribution < 1.29 is 19.5 Å². The van der Waals surface area contributed by atoms with E-state index in [9.17, 15) is 0 Å². The number of rotatable bonds is 13. The van der Waals surface area contributed by atoms with E-state index in [1.165, 1.54) is 30.4 Å². The zero-order valence-electron chi connectivity index (χ0n) is 18.7. The number of quaternary nitrogens is 1. The average molecular weight is 401 g/mol.